The molecule has 4 nitrogen and oxygen atoms in total. The van der Waals surface area contributed by atoms with E-state index in [9.17, 15) is 4.79 Å². The highest BCUT2D eigenvalue weighted by Crippen LogP contribution is 2.42. The van der Waals surface area contributed by atoms with E-state index in [4.69, 9.17) is 13.6 Å². The molecule has 0 spiro atoms. The summed E-state index contributed by atoms with van der Waals surface area (Å²) in [5, 5.41) is 4.35. The van der Waals surface area contributed by atoms with Crippen LogP contribution in [0.4, 0.5) is 0 Å². The quantitative estimate of drug-likeness (QED) is 0.0343. The Hall–Kier alpha value is -3.56. The number of allylic oxidation sites excluding steroid dienone is 1. The maximum atomic E-state index is 14.1. The van der Waals surface area contributed by atoms with Crippen LogP contribution < -0.4 is 20.7 Å². The minimum Gasteiger partial charge on any atom is -0.451 e. The van der Waals surface area contributed by atoms with Gasteiger partial charge in [0.15, 0.2) is 5.60 Å². The van der Waals surface area contributed by atoms with E-state index >= 15 is 0 Å². The van der Waals surface area contributed by atoms with Gasteiger partial charge in [-0.05, 0) is 43.7 Å². The molecule has 0 atom stereocenters. The van der Waals surface area contributed by atoms with Crippen molar-refractivity contribution in [3.8, 4) is 0 Å². The Bertz CT molecular complexity index is 1640. The lowest BCUT2D eigenvalue weighted by atomic mass is 9.98. The molecular formula is C52H72O4Si2. The number of ether oxygens (including phenoxy) is 1. The molecular weight excluding hydrogens is 745 g/mol. The van der Waals surface area contributed by atoms with Crippen molar-refractivity contribution in [3.05, 3.63) is 133 Å². The van der Waals surface area contributed by atoms with Crippen LogP contribution in [-0.4, -0.2) is 41.4 Å². The Morgan fingerprint density at radius 2 is 0.862 bits per heavy atom. The third-order valence-electron chi connectivity index (χ3n) is 12.2. The van der Waals surface area contributed by atoms with E-state index in [1.165, 1.54) is 85.0 Å². The molecule has 0 unspecified atom stereocenters. The van der Waals surface area contributed by atoms with Crippen molar-refractivity contribution >= 4 is 43.4 Å². The molecule has 0 aromatic heterocycles. The van der Waals surface area contributed by atoms with E-state index in [2.05, 4.69) is 176 Å². The van der Waals surface area contributed by atoms with Crippen LogP contribution in [-0.2, 0) is 18.4 Å². The molecule has 1 heterocycles. The molecule has 1 fully saturated rings. The highest BCUT2D eigenvalue weighted by Gasteiger charge is 2.56. The van der Waals surface area contributed by atoms with Gasteiger partial charge in [-0.25, -0.2) is 4.79 Å². The summed E-state index contributed by atoms with van der Waals surface area (Å²) in [5.74, 6) is -0.236. The van der Waals surface area contributed by atoms with Gasteiger partial charge >= 0.3 is 5.97 Å². The molecule has 0 N–H and O–H groups in total. The fraction of sp³-hybridized carbons (Fsp3) is 0.481. The van der Waals surface area contributed by atoms with Crippen LogP contribution in [0.3, 0.4) is 0 Å². The number of rotatable bonds is 22. The first-order valence-electron chi connectivity index (χ1n) is 22.3. The molecule has 0 bridgehead atoms. The summed E-state index contributed by atoms with van der Waals surface area (Å²) < 4.78 is 21.9. The zero-order valence-corrected chi connectivity index (χ0v) is 38.9. The van der Waals surface area contributed by atoms with Crippen molar-refractivity contribution in [2.75, 3.05) is 13.2 Å². The smallest absolute Gasteiger partial charge is 0.334 e. The molecule has 0 aliphatic carbocycles. The third-order valence-corrected chi connectivity index (χ3v) is 22.2. The van der Waals surface area contributed by atoms with Gasteiger partial charge in [0.1, 0.15) is 0 Å². The van der Waals surface area contributed by atoms with Gasteiger partial charge in [-0.3, -0.25) is 0 Å². The van der Waals surface area contributed by atoms with Gasteiger partial charge in [0.25, 0.3) is 16.6 Å². The van der Waals surface area contributed by atoms with E-state index in [0.717, 1.165) is 18.4 Å². The van der Waals surface area contributed by atoms with Gasteiger partial charge in [0.05, 0.1) is 13.2 Å². The van der Waals surface area contributed by atoms with E-state index in [0.29, 0.717) is 6.42 Å². The van der Waals surface area contributed by atoms with Gasteiger partial charge in [0, 0.05) is 12.0 Å². The SMILES string of the molecule is CCCCCCCCCCCCC/C=C1\CC(CO[Si](c2ccccc2)(c2ccccc2)C(C)(C)C)(CO[Si](c2ccccc2)(c2ccccc2)C(C)(C)C)OC1=O. The fourth-order valence-corrected chi connectivity index (χ4v) is 18.4. The normalized spacial score (nSPS) is 15.5. The maximum absolute atomic E-state index is 14.1. The summed E-state index contributed by atoms with van der Waals surface area (Å²) in [6.07, 6.45) is 17.8. The van der Waals surface area contributed by atoms with E-state index in [-0.39, 0.29) is 29.3 Å². The summed E-state index contributed by atoms with van der Waals surface area (Å²) >= 11 is 0. The van der Waals surface area contributed by atoms with Gasteiger partial charge in [-0.15, -0.1) is 0 Å². The number of esters is 1. The highest BCUT2D eigenvalue weighted by atomic mass is 28.4. The van der Waals surface area contributed by atoms with Crippen LogP contribution >= 0.6 is 0 Å². The predicted molar refractivity (Wildman–Crippen MR) is 250 cm³/mol. The number of carbonyl (C=O) groups excluding carboxylic acids is 1. The summed E-state index contributed by atoms with van der Waals surface area (Å²) in [6.45, 7) is 16.5. The third kappa shape index (κ3) is 11.0. The molecule has 5 rings (SSSR count). The van der Waals surface area contributed by atoms with Crippen LogP contribution in [0, 0.1) is 0 Å². The summed E-state index contributed by atoms with van der Waals surface area (Å²) in [6, 6.07) is 42.9. The van der Waals surface area contributed by atoms with Crippen LogP contribution in [0.15, 0.2) is 133 Å². The Morgan fingerprint density at radius 3 is 1.19 bits per heavy atom. The summed E-state index contributed by atoms with van der Waals surface area (Å²) in [7, 11) is -5.92. The van der Waals surface area contributed by atoms with Gasteiger partial charge in [-0.2, -0.15) is 0 Å². The van der Waals surface area contributed by atoms with Crippen LogP contribution in [0.1, 0.15) is 132 Å². The minimum absolute atomic E-state index is 0.230. The Labute approximate surface area is 354 Å². The van der Waals surface area contributed by atoms with Crippen molar-refractivity contribution in [3.63, 3.8) is 0 Å². The maximum Gasteiger partial charge on any atom is 0.334 e. The number of hydrogen-bond donors (Lipinski definition) is 0. The molecule has 0 amide bonds. The fourth-order valence-electron chi connectivity index (χ4n) is 9.16. The van der Waals surface area contributed by atoms with Crippen molar-refractivity contribution in [2.24, 2.45) is 0 Å². The molecule has 6 heteroatoms. The van der Waals surface area contributed by atoms with Gasteiger partial charge in [-0.1, -0.05) is 240 Å². The number of benzene rings is 4. The lowest BCUT2D eigenvalue weighted by Gasteiger charge is -2.46. The topological polar surface area (TPSA) is 44.8 Å². The number of cyclic esters (lactones) is 1. The zero-order chi connectivity index (χ0) is 41.5. The van der Waals surface area contributed by atoms with E-state index in [1.54, 1.807) is 0 Å². The molecule has 1 saturated heterocycles. The molecule has 312 valence electrons. The molecule has 1 aliphatic rings. The predicted octanol–water partition coefficient (Wildman–Crippen LogP) is 11.5. The molecule has 4 aromatic rings. The van der Waals surface area contributed by atoms with Crippen molar-refractivity contribution in [1.82, 2.24) is 0 Å². The van der Waals surface area contributed by atoms with Crippen molar-refractivity contribution in [1.29, 1.82) is 0 Å². The monoisotopic (exact) mass is 816 g/mol. The van der Waals surface area contributed by atoms with E-state index < -0.39 is 22.2 Å². The van der Waals surface area contributed by atoms with Gasteiger partial charge < -0.3 is 13.6 Å². The van der Waals surface area contributed by atoms with Crippen LogP contribution in [0.5, 0.6) is 0 Å². The Morgan fingerprint density at radius 1 is 0.534 bits per heavy atom. The van der Waals surface area contributed by atoms with E-state index in [1.807, 2.05) is 0 Å². The second-order valence-corrected chi connectivity index (χ2v) is 27.3. The number of unbranched alkanes of at least 4 members (excludes halogenated alkanes) is 11. The van der Waals surface area contributed by atoms with Crippen LogP contribution in [0.25, 0.3) is 0 Å². The largest absolute Gasteiger partial charge is 0.451 e. The standard InChI is InChI=1S/C52H72O4Si2/c1-8-9-10-11-12-13-14-15-16-17-18-23-32-44-41-52(56-49(44)53,42-54-57(50(2,3)4,45-33-24-19-25-34-45)46-35-26-20-27-36-46)43-55-58(51(5,6)7,47-37-28-21-29-38-47)48-39-30-22-31-40-48/h19-22,24-40H,8-18,23,41-43H2,1-7H3/b44-32+. The molecule has 0 saturated carbocycles. The molecule has 4 aromatic carbocycles. The number of carbonyl (C=O) groups is 1. The number of hydrogen-bond acceptors (Lipinski definition) is 4. The van der Waals surface area contributed by atoms with Crippen LogP contribution in [0.2, 0.25) is 10.1 Å². The average molecular weight is 817 g/mol. The van der Waals surface area contributed by atoms with Gasteiger partial charge in [0.2, 0.25) is 0 Å². The molecule has 58 heavy (non-hydrogen) atoms. The summed E-state index contributed by atoms with van der Waals surface area (Å²) in [5.41, 5.74) is -0.246. The summed E-state index contributed by atoms with van der Waals surface area (Å²) in [4.78, 5) is 14.1. The van der Waals surface area contributed by atoms with Crippen molar-refractivity contribution < 1.29 is 18.4 Å². The average Bonchev–Trinajstić information content (AvgIpc) is 3.53. The first kappa shape index (κ1) is 45.5. The minimum atomic E-state index is -2.96. The highest BCUT2D eigenvalue weighted by molar-refractivity contribution is 7.00. The zero-order valence-electron chi connectivity index (χ0n) is 36.9. The lowest BCUT2D eigenvalue weighted by Crippen LogP contribution is -2.69. The molecule has 0 radical (unpaired) electrons. The lowest BCUT2D eigenvalue weighted by molar-refractivity contribution is -0.152. The Kier molecular flexibility index (Phi) is 16.6. The second-order valence-electron chi connectivity index (χ2n) is 18.7. The first-order chi connectivity index (χ1) is 27.9. The van der Waals surface area contributed by atoms with Crippen molar-refractivity contribution in [2.45, 2.75) is 148 Å². The molecule has 1 aliphatic heterocycles. The first-order valence-corrected chi connectivity index (χ1v) is 26.1. The second kappa shape index (κ2) is 21.1. The Balaban J connectivity index is 1.45.